The predicted octanol–water partition coefficient (Wildman–Crippen LogP) is 6.53. The summed E-state index contributed by atoms with van der Waals surface area (Å²) < 4.78 is 60.3. The van der Waals surface area contributed by atoms with E-state index < -0.39 is 36.2 Å². The second kappa shape index (κ2) is 10.8. The molecule has 8 heteroatoms. The number of phenols is 1. The van der Waals surface area contributed by atoms with Crippen LogP contribution < -0.4 is 4.90 Å². The van der Waals surface area contributed by atoms with Gasteiger partial charge in [-0.05, 0) is 86.4 Å². The number of piperidine rings is 2. The summed E-state index contributed by atoms with van der Waals surface area (Å²) in [5, 5.41) is 10.0. The summed E-state index contributed by atoms with van der Waals surface area (Å²) in [5.41, 5.74) is 1.76. The van der Waals surface area contributed by atoms with Gasteiger partial charge in [0.05, 0.1) is 12.6 Å². The molecule has 2 saturated heterocycles. The average molecular weight is 546 g/mol. The minimum atomic E-state index is -3.04. The van der Waals surface area contributed by atoms with Gasteiger partial charge in [0.25, 0.3) is 5.92 Å². The SMILES string of the molecule is C=CCN1CCCC2(CCN(c3cc(F)c(C4c5ccc(O)cc5C[C@@H](C)N4CC(C)(F)F)c(F)c3)CC2)C1. The van der Waals surface area contributed by atoms with Crippen LogP contribution in [0.2, 0.25) is 0 Å². The van der Waals surface area contributed by atoms with E-state index in [-0.39, 0.29) is 16.7 Å². The number of hydrogen-bond donors (Lipinski definition) is 1. The monoisotopic (exact) mass is 545 g/mol. The van der Waals surface area contributed by atoms with E-state index in [0.29, 0.717) is 23.2 Å². The number of halogens is 4. The van der Waals surface area contributed by atoms with E-state index in [1.165, 1.54) is 29.5 Å². The Kier molecular flexibility index (Phi) is 7.72. The first-order chi connectivity index (χ1) is 18.5. The van der Waals surface area contributed by atoms with Crippen LogP contribution in [-0.4, -0.2) is 66.1 Å². The number of phenolic OH excluding ortho intramolecular Hbond substituents is 1. The molecule has 2 fully saturated rings. The van der Waals surface area contributed by atoms with Gasteiger partial charge in [-0.3, -0.25) is 9.80 Å². The van der Waals surface area contributed by atoms with Crippen molar-refractivity contribution in [1.29, 1.82) is 0 Å². The molecule has 3 aliphatic heterocycles. The zero-order chi connectivity index (χ0) is 27.9. The van der Waals surface area contributed by atoms with E-state index in [9.17, 15) is 13.9 Å². The first-order valence-electron chi connectivity index (χ1n) is 14.0. The van der Waals surface area contributed by atoms with Crippen molar-refractivity contribution in [1.82, 2.24) is 9.80 Å². The van der Waals surface area contributed by atoms with E-state index in [4.69, 9.17) is 0 Å². The number of nitrogens with zero attached hydrogens (tertiary/aromatic N) is 3. The van der Waals surface area contributed by atoms with Crippen LogP contribution in [0, 0.1) is 17.0 Å². The lowest BCUT2D eigenvalue weighted by Gasteiger charge is -2.48. The van der Waals surface area contributed by atoms with Crippen LogP contribution >= 0.6 is 0 Å². The molecule has 39 heavy (non-hydrogen) atoms. The molecule has 2 aromatic carbocycles. The maximum atomic E-state index is 15.9. The van der Waals surface area contributed by atoms with Crippen molar-refractivity contribution < 1.29 is 22.7 Å². The molecule has 4 nitrogen and oxygen atoms in total. The third-order valence-corrected chi connectivity index (χ3v) is 8.95. The van der Waals surface area contributed by atoms with Crippen molar-refractivity contribution in [3.05, 3.63) is 71.3 Å². The summed E-state index contributed by atoms with van der Waals surface area (Å²) >= 11 is 0. The van der Waals surface area contributed by atoms with Crippen LogP contribution in [-0.2, 0) is 6.42 Å². The summed E-state index contributed by atoms with van der Waals surface area (Å²) in [4.78, 5) is 5.97. The van der Waals surface area contributed by atoms with Crippen LogP contribution in [0.5, 0.6) is 5.75 Å². The zero-order valence-electron chi connectivity index (χ0n) is 22.9. The van der Waals surface area contributed by atoms with Gasteiger partial charge in [0.1, 0.15) is 17.4 Å². The second-order valence-corrected chi connectivity index (χ2v) is 12.0. The summed E-state index contributed by atoms with van der Waals surface area (Å²) in [6.45, 7) is 10.3. The molecule has 5 rings (SSSR count). The van der Waals surface area contributed by atoms with Crippen LogP contribution in [0.3, 0.4) is 0 Å². The molecule has 1 N–H and O–H groups in total. The quantitative estimate of drug-likeness (QED) is 0.330. The number of hydrogen-bond acceptors (Lipinski definition) is 4. The highest BCUT2D eigenvalue weighted by Gasteiger charge is 2.42. The maximum absolute atomic E-state index is 15.9. The number of alkyl halides is 2. The predicted molar refractivity (Wildman–Crippen MR) is 147 cm³/mol. The zero-order valence-corrected chi connectivity index (χ0v) is 22.9. The molecule has 3 aliphatic rings. The molecule has 0 aliphatic carbocycles. The third kappa shape index (κ3) is 5.82. The van der Waals surface area contributed by atoms with Crippen molar-refractivity contribution in [3.8, 4) is 5.75 Å². The highest BCUT2D eigenvalue weighted by molar-refractivity contribution is 5.52. The minimum Gasteiger partial charge on any atom is -0.508 e. The van der Waals surface area contributed by atoms with Crippen LogP contribution in [0.25, 0.3) is 0 Å². The standard InChI is InChI=1S/C31H39F4N3O/c1-4-11-36-12-5-8-31(20-36)9-13-37(14-10-31)23-17-26(32)28(27(33)18-23)29-25-7-6-24(39)16-22(25)15-21(2)38(29)19-30(3,34)35/h4,6-7,16-18,21,29,39H,1,5,8-15,19-20H2,2-3H3/t21-,29?/m1/s1. The lowest BCUT2D eigenvalue weighted by molar-refractivity contribution is -0.0371. The van der Waals surface area contributed by atoms with Crippen LogP contribution in [0.4, 0.5) is 23.2 Å². The number of aromatic hydroxyl groups is 1. The normalized spacial score (nSPS) is 24.1. The van der Waals surface area contributed by atoms with Gasteiger partial charge in [0, 0.05) is 50.4 Å². The first-order valence-corrected chi connectivity index (χ1v) is 14.0. The third-order valence-electron chi connectivity index (χ3n) is 8.95. The van der Waals surface area contributed by atoms with Gasteiger partial charge >= 0.3 is 0 Å². The van der Waals surface area contributed by atoms with Gasteiger partial charge in [-0.1, -0.05) is 12.1 Å². The molecule has 0 amide bonds. The number of rotatable bonds is 6. The van der Waals surface area contributed by atoms with Gasteiger partial charge in [-0.15, -0.1) is 6.58 Å². The smallest absolute Gasteiger partial charge is 0.257 e. The number of anilines is 1. The fourth-order valence-corrected chi connectivity index (χ4v) is 7.10. The molecule has 0 bridgehead atoms. The van der Waals surface area contributed by atoms with Crippen LogP contribution in [0.1, 0.15) is 62.3 Å². The Labute approximate surface area is 228 Å². The van der Waals surface area contributed by atoms with Crippen molar-refractivity contribution in [2.75, 3.05) is 44.2 Å². The topological polar surface area (TPSA) is 30.0 Å². The highest BCUT2D eigenvalue weighted by Crippen LogP contribution is 2.44. The average Bonchev–Trinajstić information content (AvgIpc) is 2.85. The fourth-order valence-electron chi connectivity index (χ4n) is 7.10. The van der Waals surface area contributed by atoms with Gasteiger partial charge in [0.2, 0.25) is 0 Å². The van der Waals surface area contributed by atoms with Crippen molar-refractivity contribution >= 4 is 5.69 Å². The molecule has 0 aromatic heterocycles. The van der Waals surface area contributed by atoms with Gasteiger partial charge in [-0.25, -0.2) is 17.6 Å². The minimum absolute atomic E-state index is 0.0405. The van der Waals surface area contributed by atoms with E-state index in [1.54, 1.807) is 19.1 Å². The molecule has 2 aromatic rings. The second-order valence-electron chi connectivity index (χ2n) is 12.0. The van der Waals surface area contributed by atoms with E-state index >= 15 is 8.78 Å². The molecule has 3 heterocycles. The molecule has 212 valence electrons. The van der Waals surface area contributed by atoms with Crippen molar-refractivity contribution in [2.24, 2.45) is 5.41 Å². The van der Waals surface area contributed by atoms with E-state index in [1.807, 2.05) is 11.0 Å². The van der Waals surface area contributed by atoms with Crippen molar-refractivity contribution in [3.63, 3.8) is 0 Å². The Morgan fingerprint density at radius 2 is 1.77 bits per heavy atom. The van der Waals surface area contributed by atoms with E-state index in [0.717, 1.165) is 58.9 Å². The van der Waals surface area contributed by atoms with Gasteiger partial charge < -0.3 is 10.0 Å². The summed E-state index contributed by atoms with van der Waals surface area (Å²) in [6, 6.07) is 5.91. The summed E-state index contributed by atoms with van der Waals surface area (Å²) in [6.07, 6.45) is 6.58. The number of benzene rings is 2. The number of likely N-dealkylation sites (tertiary alicyclic amines) is 1. The molecular formula is C31H39F4N3O. The Hall–Kier alpha value is -2.58. The summed E-state index contributed by atoms with van der Waals surface area (Å²) in [5.74, 6) is -4.47. The van der Waals surface area contributed by atoms with Crippen molar-refractivity contribution in [2.45, 2.75) is 64.0 Å². The Morgan fingerprint density at radius 1 is 1.08 bits per heavy atom. The Morgan fingerprint density at radius 3 is 2.41 bits per heavy atom. The Bertz CT molecular complexity index is 1180. The maximum Gasteiger partial charge on any atom is 0.257 e. The highest BCUT2D eigenvalue weighted by atomic mass is 19.3. The Balaban J connectivity index is 1.43. The number of fused-ring (bicyclic) bond motifs is 1. The molecular weight excluding hydrogens is 506 g/mol. The van der Waals surface area contributed by atoms with Gasteiger partial charge in [-0.2, -0.15) is 0 Å². The van der Waals surface area contributed by atoms with E-state index in [2.05, 4.69) is 11.5 Å². The molecule has 2 atom stereocenters. The van der Waals surface area contributed by atoms with Gasteiger partial charge in [0.15, 0.2) is 0 Å². The molecule has 0 saturated carbocycles. The summed E-state index contributed by atoms with van der Waals surface area (Å²) in [7, 11) is 0. The first kappa shape index (κ1) is 28.0. The lowest BCUT2D eigenvalue weighted by atomic mass is 9.72. The molecule has 1 spiro atoms. The largest absolute Gasteiger partial charge is 0.508 e. The molecule has 0 radical (unpaired) electrons. The molecule has 1 unspecified atom stereocenters. The van der Waals surface area contributed by atoms with Crippen LogP contribution in [0.15, 0.2) is 43.0 Å². The lowest BCUT2D eigenvalue weighted by Crippen LogP contribution is -2.49. The fraction of sp³-hybridized carbons (Fsp3) is 0.548.